The van der Waals surface area contributed by atoms with Crippen molar-refractivity contribution in [3.05, 3.63) is 43.1 Å². The lowest BCUT2D eigenvalue weighted by Gasteiger charge is -2.08. The van der Waals surface area contributed by atoms with Gasteiger partial charge in [-0.05, 0) is 40.6 Å². The molecule has 0 saturated carbocycles. The highest BCUT2D eigenvalue weighted by Gasteiger charge is 2.29. The molecule has 2 heterocycles. The summed E-state index contributed by atoms with van der Waals surface area (Å²) in [6.07, 6.45) is 3.42. The molecule has 108 valence electrons. The van der Waals surface area contributed by atoms with Gasteiger partial charge in [-0.1, -0.05) is 27.5 Å². The molecule has 0 atom stereocenters. The van der Waals surface area contributed by atoms with E-state index in [0.29, 0.717) is 16.3 Å². The van der Waals surface area contributed by atoms with Crippen LogP contribution in [-0.4, -0.2) is 15.7 Å². The minimum Gasteiger partial charge on any atom is -0.320 e. The van der Waals surface area contributed by atoms with E-state index in [1.165, 1.54) is 0 Å². The Morgan fingerprint density at radius 1 is 1.38 bits per heavy atom. The van der Waals surface area contributed by atoms with E-state index in [-0.39, 0.29) is 5.91 Å². The molecule has 0 saturated heterocycles. The third-order valence-electron chi connectivity index (χ3n) is 3.32. The minimum absolute atomic E-state index is 0.159. The van der Waals surface area contributed by atoms with Gasteiger partial charge in [-0.25, -0.2) is 0 Å². The fourth-order valence-electron chi connectivity index (χ4n) is 2.32. The first-order chi connectivity index (χ1) is 9.88. The van der Waals surface area contributed by atoms with Crippen LogP contribution in [0.2, 0.25) is 5.02 Å². The molecule has 1 N–H and O–H groups in total. The van der Waals surface area contributed by atoms with Crippen LogP contribution in [0.5, 0.6) is 0 Å². The summed E-state index contributed by atoms with van der Waals surface area (Å²) in [6, 6.07) is 1.92. The molecular weight excluding hydrogens is 421 g/mol. The molecule has 1 aromatic heterocycles. The SMILES string of the molecule is Cc1c(Br)cc(Br)c2c1C(=Cc1nn(C)cc1Cl)C(=O)N2. The minimum atomic E-state index is -0.159. The zero-order chi connectivity index (χ0) is 15.3. The summed E-state index contributed by atoms with van der Waals surface area (Å²) in [5.41, 5.74) is 3.77. The molecule has 7 heteroatoms. The van der Waals surface area contributed by atoms with Crippen molar-refractivity contribution in [2.45, 2.75) is 6.92 Å². The maximum Gasteiger partial charge on any atom is 0.256 e. The lowest BCUT2D eigenvalue weighted by molar-refractivity contribution is -0.110. The summed E-state index contributed by atoms with van der Waals surface area (Å²) in [7, 11) is 1.79. The third kappa shape index (κ3) is 2.45. The van der Waals surface area contributed by atoms with Gasteiger partial charge in [-0.15, -0.1) is 0 Å². The highest BCUT2D eigenvalue weighted by atomic mass is 79.9. The second-order valence-electron chi connectivity index (χ2n) is 4.76. The maximum absolute atomic E-state index is 12.3. The van der Waals surface area contributed by atoms with Crippen LogP contribution in [0.1, 0.15) is 16.8 Å². The number of rotatable bonds is 1. The second-order valence-corrected chi connectivity index (χ2v) is 6.88. The number of nitrogens with one attached hydrogen (secondary N) is 1. The van der Waals surface area contributed by atoms with Crippen molar-refractivity contribution < 1.29 is 4.79 Å². The van der Waals surface area contributed by atoms with Crippen molar-refractivity contribution in [3.63, 3.8) is 0 Å². The topological polar surface area (TPSA) is 46.9 Å². The van der Waals surface area contributed by atoms with Crippen molar-refractivity contribution in [1.82, 2.24) is 9.78 Å². The van der Waals surface area contributed by atoms with Crippen LogP contribution in [-0.2, 0) is 11.8 Å². The van der Waals surface area contributed by atoms with Crippen molar-refractivity contribution in [2.75, 3.05) is 5.32 Å². The van der Waals surface area contributed by atoms with E-state index in [2.05, 4.69) is 42.3 Å². The van der Waals surface area contributed by atoms with E-state index in [1.807, 2.05) is 13.0 Å². The van der Waals surface area contributed by atoms with Gasteiger partial charge in [-0.3, -0.25) is 9.48 Å². The Balaban J connectivity index is 2.24. The normalized spacial score (nSPS) is 15.5. The number of carbonyl (C=O) groups excluding carboxylic acids is 1. The van der Waals surface area contributed by atoms with Gasteiger partial charge in [0.1, 0.15) is 5.69 Å². The number of nitrogens with zero attached hydrogens (tertiary/aromatic N) is 2. The maximum atomic E-state index is 12.3. The molecule has 3 rings (SSSR count). The Morgan fingerprint density at radius 3 is 2.71 bits per heavy atom. The van der Waals surface area contributed by atoms with Crippen LogP contribution in [0.25, 0.3) is 11.6 Å². The molecule has 1 aromatic carbocycles. The first kappa shape index (κ1) is 14.8. The van der Waals surface area contributed by atoms with E-state index < -0.39 is 0 Å². The van der Waals surface area contributed by atoms with Gasteiger partial charge in [0.15, 0.2) is 0 Å². The van der Waals surface area contributed by atoms with Crippen molar-refractivity contribution in [1.29, 1.82) is 0 Å². The highest BCUT2D eigenvalue weighted by molar-refractivity contribution is 9.11. The van der Waals surface area contributed by atoms with Crippen molar-refractivity contribution in [3.8, 4) is 0 Å². The Hall–Kier alpha value is -1.11. The molecule has 0 fully saturated rings. The zero-order valence-electron chi connectivity index (χ0n) is 11.2. The molecule has 0 radical (unpaired) electrons. The molecule has 0 aliphatic carbocycles. The van der Waals surface area contributed by atoms with E-state index in [1.54, 1.807) is 24.0 Å². The monoisotopic (exact) mass is 429 g/mol. The van der Waals surface area contributed by atoms with Gasteiger partial charge < -0.3 is 5.32 Å². The predicted octanol–water partition coefficient (Wildman–Crippen LogP) is 4.40. The zero-order valence-corrected chi connectivity index (χ0v) is 15.1. The largest absolute Gasteiger partial charge is 0.320 e. The predicted molar refractivity (Wildman–Crippen MR) is 91.3 cm³/mol. The van der Waals surface area contributed by atoms with Crippen molar-refractivity contribution >= 4 is 66.7 Å². The number of fused-ring (bicyclic) bond motifs is 1. The van der Waals surface area contributed by atoms with Crippen LogP contribution in [0, 0.1) is 6.92 Å². The lowest BCUT2D eigenvalue weighted by Crippen LogP contribution is -2.04. The first-order valence-corrected chi connectivity index (χ1v) is 8.06. The summed E-state index contributed by atoms with van der Waals surface area (Å²) < 4.78 is 3.38. The Labute approximate surface area is 143 Å². The number of carbonyl (C=O) groups is 1. The average Bonchev–Trinajstić information content (AvgIpc) is 2.89. The number of benzene rings is 1. The molecule has 0 unspecified atom stereocenters. The van der Waals surface area contributed by atoms with E-state index in [0.717, 1.165) is 25.8 Å². The Bertz CT molecular complexity index is 811. The molecule has 1 aliphatic rings. The third-order valence-corrected chi connectivity index (χ3v) is 5.06. The standard InChI is InChI=1S/C14H10Br2ClN3O/c1-6-8(15)4-9(16)13-12(6)7(14(21)18-13)3-11-10(17)5-20(2)19-11/h3-5H,1-2H3,(H,18,21). The van der Waals surface area contributed by atoms with E-state index in [4.69, 9.17) is 11.6 Å². The van der Waals surface area contributed by atoms with Gasteiger partial charge in [-0.2, -0.15) is 5.10 Å². The molecule has 2 aromatic rings. The molecule has 1 amide bonds. The smallest absolute Gasteiger partial charge is 0.256 e. The van der Waals surface area contributed by atoms with Crippen LogP contribution in [0.4, 0.5) is 5.69 Å². The fraction of sp³-hybridized carbons (Fsp3) is 0.143. The number of hydrogen-bond acceptors (Lipinski definition) is 2. The molecule has 21 heavy (non-hydrogen) atoms. The Kier molecular flexibility index (Phi) is 3.71. The summed E-state index contributed by atoms with van der Waals surface area (Å²) in [5.74, 6) is -0.159. The molecule has 4 nitrogen and oxygen atoms in total. The molecular formula is C14H10Br2ClN3O. The lowest BCUT2D eigenvalue weighted by atomic mass is 10.0. The number of hydrogen-bond donors (Lipinski definition) is 1. The van der Waals surface area contributed by atoms with E-state index >= 15 is 0 Å². The van der Waals surface area contributed by atoms with Gasteiger partial charge in [0.25, 0.3) is 5.91 Å². The summed E-state index contributed by atoms with van der Waals surface area (Å²) in [4.78, 5) is 12.3. The van der Waals surface area contributed by atoms with Crippen LogP contribution < -0.4 is 5.32 Å². The molecule has 0 bridgehead atoms. The van der Waals surface area contributed by atoms with Crippen LogP contribution in [0.3, 0.4) is 0 Å². The van der Waals surface area contributed by atoms with E-state index in [9.17, 15) is 4.79 Å². The van der Waals surface area contributed by atoms with Crippen molar-refractivity contribution in [2.24, 2.45) is 7.05 Å². The average molecular weight is 432 g/mol. The number of aryl methyl sites for hydroxylation is 1. The number of aromatic nitrogens is 2. The molecule has 0 spiro atoms. The number of anilines is 1. The summed E-state index contributed by atoms with van der Waals surface area (Å²) >= 11 is 13.1. The summed E-state index contributed by atoms with van der Waals surface area (Å²) in [5, 5.41) is 7.65. The second kappa shape index (κ2) is 5.26. The van der Waals surface area contributed by atoms with Crippen LogP contribution in [0.15, 0.2) is 21.2 Å². The number of amides is 1. The highest BCUT2D eigenvalue weighted by Crippen LogP contribution is 2.43. The van der Waals surface area contributed by atoms with Crippen LogP contribution >= 0.6 is 43.5 Å². The summed E-state index contributed by atoms with van der Waals surface area (Å²) in [6.45, 7) is 1.96. The Morgan fingerprint density at radius 2 is 2.10 bits per heavy atom. The fourth-order valence-corrected chi connectivity index (χ4v) is 3.81. The van der Waals surface area contributed by atoms with Gasteiger partial charge >= 0.3 is 0 Å². The number of halogens is 3. The quantitative estimate of drug-likeness (QED) is 0.681. The van der Waals surface area contributed by atoms with Gasteiger partial charge in [0, 0.05) is 27.8 Å². The van der Waals surface area contributed by atoms with Gasteiger partial charge in [0.2, 0.25) is 0 Å². The molecule has 1 aliphatic heterocycles. The first-order valence-electron chi connectivity index (χ1n) is 6.09. The van der Waals surface area contributed by atoms with Gasteiger partial charge in [0.05, 0.1) is 16.3 Å².